The van der Waals surface area contributed by atoms with Gasteiger partial charge in [-0.15, -0.1) is 10.2 Å². The molecular formula is C28H26N4O2S. The molecule has 0 spiro atoms. The van der Waals surface area contributed by atoms with Crippen LogP contribution in [-0.4, -0.2) is 26.5 Å². The Morgan fingerprint density at radius 3 is 2.37 bits per heavy atom. The number of rotatable bonds is 9. The second-order valence-corrected chi connectivity index (χ2v) is 9.79. The average molecular weight is 483 g/mol. The van der Waals surface area contributed by atoms with Crippen molar-refractivity contribution in [2.75, 3.05) is 5.32 Å². The van der Waals surface area contributed by atoms with Crippen LogP contribution >= 0.6 is 11.8 Å². The lowest BCUT2D eigenvalue weighted by atomic mass is 10.1. The molecule has 5 rings (SSSR count). The number of ketones is 1. The zero-order valence-electron chi connectivity index (χ0n) is 19.4. The van der Waals surface area contributed by atoms with E-state index < -0.39 is 5.25 Å². The minimum absolute atomic E-state index is 0.0447. The zero-order chi connectivity index (χ0) is 24.2. The van der Waals surface area contributed by atoms with Crippen LogP contribution in [0.25, 0.3) is 0 Å². The number of amides is 1. The normalized spacial score (nSPS) is 13.9. The summed E-state index contributed by atoms with van der Waals surface area (Å²) in [5.74, 6) is 1.19. The minimum atomic E-state index is -0.539. The maximum Gasteiger partial charge on any atom is 0.242 e. The molecule has 1 heterocycles. The van der Waals surface area contributed by atoms with Gasteiger partial charge >= 0.3 is 0 Å². The van der Waals surface area contributed by atoms with Gasteiger partial charge < -0.3 is 9.88 Å². The largest absolute Gasteiger partial charge is 0.325 e. The first-order chi connectivity index (χ1) is 17.1. The lowest BCUT2D eigenvalue weighted by Gasteiger charge is -2.18. The SMILES string of the molecule is CC(=O)c1cccc(NC(=O)C(Sc2nnc(C3CC3)n2Cc2ccccc2)c2ccccc2)c1. The lowest BCUT2D eigenvalue weighted by Crippen LogP contribution is -2.20. The number of Topliss-reactive ketones (excluding diaryl/α,β-unsaturated/α-hetero) is 1. The third kappa shape index (κ3) is 5.52. The van der Waals surface area contributed by atoms with Crippen LogP contribution in [0, 0.1) is 0 Å². The Bertz CT molecular complexity index is 1330. The summed E-state index contributed by atoms with van der Waals surface area (Å²) in [5, 5.41) is 12.2. The van der Waals surface area contributed by atoms with Gasteiger partial charge in [0.15, 0.2) is 10.9 Å². The number of hydrogen-bond donors (Lipinski definition) is 1. The summed E-state index contributed by atoms with van der Waals surface area (Å²) in [4.78, 5) is 25.3. The number of thioether (sulfide) groups is 1. The molecule has 1 aliphatic rings. The second-order valence-electron chi connectivity index (χ2n) is 8.72. The van der Waals surface area contributed by atoms with Gasteiger partial charge in [0.05, 0.1) is 6.54 Å². The number of nitrogens with one attached hydrogen (secondary N) is 1. The molecule has 3 aromatic carbocycles. The Balaban J connectivity index is 1.45. The van der Waals surface area contributed by atoms with Crippen molar-refractivity contribution in [3.63, 3.8) is 0 Å². The standard InChI is InChI=1S/C28H26N4O2S/c1-19(33)23-13-8-14-24(17-23)29-27(34)25(21-11-6-3-7-12-21)35-28-31-30-26(22-15-16-22)32(28)18-20-9-4-2-5-10-20/h2-14,17,22,25H,15-16,18H2,1H3,(H,29,34). The molecule has 0 saturated heterocycles. The highest BCUT2D eigenvalue weighted by Gasteiger charge is 2.32. The number of carbonyl (C=O) groups excluding carboxylic acids is 2. The Labute approximate surface area is 208 Å². The van der Waals surface area contributed by atoms with Gasteiger partial charge in [-0.2, -0.15) is 0 Å². The van der Waals surface area contributed by atoms with Crippen molar-refractivity contribution < 1.29 is 9.59 Å². The first-order valence-electron chi connectivity index (χ1n) is 11.7. The smallest absolute Gasteiger partial charge is 0.242 e. The van der Waals surface area contributed by atoms with Crippen molar-refractivity contribution in [2.24, 2.45) is 0 Å². The lowest BCUT2D eigenvalue weighted by molar-refractivity contribution is -0.115. The van der Waals surface area contributed by atoms with Crippen molar-refractivity contribution in [2.45, 2.75) is 42.6 Å². The van der Waals surface area contributed by atoms with E-state index in [9.17, 15) is 9.59 Å². The third-order valence-electron chi connectivity index (χ3n) is 5.97. The van der Waals surface area contributed by atoms with E-state index in [2.05, 4.69) is 32.2 Å². The number of hydrogen-bond acceptors (Lipinski definition) is 5. The molecule has 1 N–H and O–H groups in total. The molecule has 1 atom stereocenters. The van der Waals surface area contributed by atoms with Gasteiger partial charge in [0, 0.05) is 17.2 Å². The second kappa shape index (κ2) is 10.3. The Morgan fingerprint density at radius 2 is 1.69 bits per heavy atom. The van der Waals surface area contributed by atoms with Gasteiger partial charge in [0.25, 0.3) is 0 Å². The molecule has 1 aromatic heterocycles. The monoisotopic (exact) mass is 482 g/mol. The van der Waals surface area contributed by atoms with E-state index in [1.54, 1.807) is 24.3 Å². The number of anilines is 1. The summed E-state index contributed by atoms with van der Waals surface area (Å²) in [6.45, 7) is 2.17. The molecule has 0 aliphatic heterocycles. The maximum absolute atomic E-state index is 13.5. The van der Waals surface area contributed by atoms with Crippen molar-refractivity contribution in [1.29, 1.82) is 0 Å². The first-order valence-corrected chi connectivity index (χ1v) is 12.6. The molecule has 1 unspecified atom stereocenters. The molecule has 176 valence electrons. The van der Waals surface area contributed by atoms with Crippen LogP contribution in [0.2, 0.25) is 0 Å². The predicted molar refractivity (Wildman–Crippen MR) is 138 cm³/mol. The molecule has 6 nitrogen and oxygen atoms in total. The van der Waals surface area contributed by atoms with Gasteiger partial charge in [-0.3, -0.25) is 9.59 Å². The quantitative estimate of drug-likeness (QED) is 0.238. The summed E-state index contributed by atoms with van der Waals surface area (Å²) in [5.41, 5.74) is 3.19. The van der Waals surface area contributed by atoms with E-state index in [0.717, 1.165) is 34.9 Å². The van der Waals surface area contributed by atoms with Gasteiger partial charge in [-0.25, -0.2) is 0 Å². The molecule has 1 saturated carbocycles. The van der Waals surface area contributed by atoms with Gasteiger partial charge in [0.1, 0.15) is 11.1 Å². The summed E-state index contributed by atoms with van der Waals surface area (Å²) < 4.78 is 2.15. The molecule has 7 heteroatoms. The Hall–Kier alpha value is -3.71. The molecule has 0 radical (unpaired) electrons. The van der Waals surface area contributed by atoms with E-state index in [-0.39, 0.29) is 11.7 Å². The number of nitrogens with zero attached hydrogens (tertiary/aromatic N) is 3. The van der Waals surface area contributed by atoms with E-state index in [0.29, 0.717) is 23.7 Å². The molecule has 4 aromatic rings. The summed E-state index contributed by atoms with van der Waals surface area (Å²) in [7, 11) is 0. The van der Waals surface area contributed by atoms with Gasteiger partial charge in [-0.1, -0.05) is 84.6 Å². The summed E-state index contributed by atoms with van der Waals surface area (Å²) in [6, 6.07) is 26.9. The Morgan fingerprint density at radius 1 is 0.971 bits per heavy atom. The van der Waals surface area contributed by atoms with Crippen LogP contribution in [0.1, 0.15) is 58.2 Å². The van der Waals surface area contributed by atoms with Gasteiger partial charge in [-0.05, 0) is 43.0 Å². The Kier molecular flexibility index (Phi) is 6.77. The highest BCUT2D eigenvalue weighted by molar-refractivity contribution is 8.00. The minimum Gasteiger partial charge on any atom is -0.325 e. The summed E-state index contributed by atoms with van der Waals surface area (Å²) in [6.07, 6.45) is 2.24. The van der Waals surface area contributed by atoms with E-state index in [1.807, 2.05) is 48.5 Å². The number of aromatic nitrogens is 3. The van der Waals surface area contributed by atoms with Crippen LogP contribution in [-0.2, 0) is 11.3 Å². The molecular weight excluding hydrogens is 456 g/mol. The maximum atomic E-state index is 13.5. The fraction of sp³-hybridized carbons (Fsp3) is 0.214. The van der Waals surface area contributed by atoms with Crippen LogP contribution in [0.3, 0.4) is 0 Å². The van der Waals surface area contributed by atoms with Crippen molar-refractivity contribution in [3.8, 4) is 0 Å². The topological polar surface area (TPSA) is 76.9 Å². The molecule has 1 aliphatic carbocycles. The van der Waals surface area contributed by atoms with Crippen molar-refractivity contribution in [1.82, 2.24) is 14.8 Å². The first kappa shape index (κ1) is 23.1. The van der Waals surface area contributed by atoms with Crippen LogP contribution in [0.15, 0.2) is 90.1 Å². The van der Waals surface area contributed by atoms with E-state index in [1.165, 1.54) is 18.7 Å². The van der Waals surface area contributed by atoms with Crippen LogP contribution < -0.4 is 5.32 Å². The van der Waals surface area contributed by atoms with Crippen LogP contribution in [0.4, 0.5) is 5.69 Å². The molecule has 0 bridgehead atoms. The fourth-order valence-electron chi connectivity index (χ4n) is 3.98. The molecule has 1 amide bonds. The molecule has 1 fully saturated rings. The molecule has 35 heavy (non-hydrogen) atoms. The van der Waals surface area contributed by atoms with Crippen molar-refractivity contribution in [3.05, 3.63) is 107 Å². The highest BCUT2D eigenvalue weighted by atomic mass is 32.2. The van der Waals surface area contributed by atoms with E-state index >= 15 is 0 Å². The van der Waals surface area contributed by atoms with Crippen LogP contribution in [0.5, 0.6) is 0 Å². The highest BCUT2D eigenvalue weighted by Crippen LogP contribution is 2.42. The predicted octanol–water partition coefficient (Wildman–Crippen LogP) is 5.88. The summed E-state index contributed by atoms with van der Waals surface area (Å²) >= 11 is 1.40. The number of benzene rings is 3. The average Bonchev–Trinajstić information content (AvgIpc) is 3.65. The van der Waals surface area contributed by atoms with Gasteiger partial charge in [0.2, 0.25) is 5.91 Å². The van der Waals surface area contributed by atoms with E-state index in [4.69, 9.17) is 0 Å². The third-order valence-corrected chi connectivity index (χ3v) is 7.21. The number of carbonyl (C=O) groups is 2. The zero-order valence-corrected chi connectivity index (χ0v) is 20.2. The van der Waals surface area contributed by atoms with Crippen molar-refractivity contribution >= 4 is 29.1 Å². The fourth-order valence-corrected chi connectivity index (χ4v) is 5.02.